The lowest BCUT2D eigenvalue weighted by Crippen LogP contribution is -2.41. The second-order valence-electron chi connectivity index (χ2n) is 9.15. The smallest absolute Gasteiger partial charge is 0.416 e. The molecule has 0 radical (unpaired) electrons. The van der Waals surface area contributed by atoms with Crippen molar-refractivity contribution in [3.05, 3.63) is 53.3 Å². The molecule has 35 heavy (non-hydrogen) atoms. The SMILES string of the molecule is Cc1ncn(C2CCC2)c1-c1nnc([C@@H]2C[C@H](N(C)C(=O)c3cccc(C(F)(F)F)c3)CCO2)o1. The van der Waals surface area contributed by atoms with E-state index in [2.05, 4.69) is 19.7 Å². The molecule has 1 saturated heterocycles. The molecule has 8 nitrogen and oxygen atoms in total. The molecule has 3 aromatic rings. The predicted molar refractivity (Wildman–Crippen MR) is 118 cm³/mol. The first-order chi connectivity index (χ1) is 16.7. The molecule has 2 aromatic heterocycles. The van der Waals surface area contributed by atoms with Gasteiger partial charge in [0.25, 0.3) is 11.8 Å². The lowest BCUT2D eigenvalue weighted by molar-refractivity contribution is -0.137. The van der Waals surface area contributed by atoms with Gasteiger partial charge < -0.3 is 18.6 Å². The molecule has 1 amide bonds. The third kappa shape index (κ3) is 4.56. The third-order valence-corrected chi connectivity index (χ3v) is 6.92. The minimum absolute atomic E-state index is 0.00910. The highest BCUT2D eigenvalue weighted by atomic mass is 19.4. The minimum Gasteiger partial charge on any atom is -0.416 e. The quantitative estimate of drug-likeness (QED) is 0.503. The van der Waals surface area contributed by atoms with Crippen molar-refractivity contribution in [1.29, 1.82) is 0 Å². The number of halogens is 3. The van der Waals surface area contributed by atoms with Gasteiger partial charge in [0.2, 0.25) is 5.89 Å². The van der Waals surface area contributed by atoms with Crippen LogP contribution in [-0.2, 0) is 10.9 Å². The molecular formula is C24H26F3N5O3. The lowest BCUT2D eigenvalue weighted by Gasteiger charge is -2.34. The summed E-state index contributed by atoms with van der Waals surface area (Å²) >= 11 is 0. The number of ether oxygens (including phenoxy) is 1. The van der Waals surface area contributed by atoms with E-state index in [-0.39, 0.29) is 11.6 Å². The van der Waals surface area contributed by atoms with Gasteiger partial charge in [-0.1, -0.05) is 6.07 Å². The normalized spacial score (nSPS) is 21.1. The molecule has 1 saturated carbocycles. The maximum atomic E-state index is 13.1. The van der Waals surface area contributed by atoms with Crippen LogP contribution in [0.3, 0.4) is 0 Å². The van der Waals surface area contributed by atoms with Crippen LogP contribution in [0.15, 0.2) is 35.0 Å². The number of nitrogens with zero attached hydrogens (tertiary/aromatic N) is 5. The van der Waals surface area contributed by atoms with Crippen molar-refractivity contribution in [2.75, 3.05) is 13.7 Å². The van der Waals surface area contributed by atoms with Gasteiger partial charge >= 0.3 is 6.18 Å². The van der Waals surface area contributed by atoms with Gasteiger partial charge in [-0.2, -0.15) is 13.2 Å². The summed E-state index contributed by atoms with van der Waals surface area (Å²) in [4.78, 5) is 18.8. The molecule has 2 aliphatic rings. The van der Waals surface area contributed by atoms with Crippen LogP contribution in [0.4, 0.5) is 13.2 Å². The second kappa shape index (κ2) is 9.10. The van der Waals surface area contributed by atoms with Crippen LogP contribution in [0, 0.1) is 6.92 Å². The van der Waals surface area contributed by atoms with Crippen molar-refractivity contribution in [2.45, 2.75) is 63.4 Å². The Morgan fingerprint density at radius 3 is 2.71 bits per heavy atom. The number of aromatic nitrogens is 4. The molecule has 0 N–H and O–H groups in total. The topological polar surface area (TPSA) is 86.3 Å². The molecule has 1 aromatic carbocycles. The number of aryl methyl sites for hydroxylation is 1. The van der Waals surface area contributed by atoms with Crippen molar-refractivity contribution >= 4 is 5.91 Å². The number of hydrogen-bond donors (Lipinski definition) is 0. The Labute approximate surface area is 200 Å². The summed E-state index contributed by atoms with van der Waals surface area (Å²) in [6.45, 7) is 2.25. The van der Waals surface area contributed by atoms with Gasteiger partial charge in [0, 0.05) is 37.7 Å². The maximum absolute atomic E-state index is 13.1. The first kappa shape index (κ1) is 23.5. The van der Waals surface area contributed by atoms with Gasteiger partial charge in [-0.15, -0.1) is 10.2 Å². The van der Waals surface area contributed by atoms with Gasteiger partial charge in [0.1, 0.15) is 11.8 Å². The van der Waals surface area contributed by atoms with Crippen molar-refractivity contribution < 1.29 is 27.1 Å². The molecule has 0 unspecified atom stereocenters. The summed E-state index contributed by atoms with van der Waals surface area (Å²) in [6.07, 6.45) is 1.07. The Morgan fingerprint density at radius 2 is 2.00 bits per heavy atom. The molecule has 2 fully saturated rings. The molecule has 1 aliphatic heterocycles. The Bertz CT molecular complexity index is 1220. The molecule has 0 spiro atoms. The predicted octanol–water partition coefficient (Wildman–Crippen LogP) is 4.98. The van der Waals surface area contributed by atoms with E-state index < -0.39 is 23.8 Å². The number of amides is 1. The van der Waals surface area contributed by atoms with Crippen LogP contribution >= 0.6 is 0 Å². The van der Waals surface area contributed by atoms with E-state index in [1.165, 1.54) is 23.5 Å². The first-order valence-electron chi connectivity index (χ1n) is 11.7. The average molecular weight is 489 g/mol. The van der Waals surface area contributed by atoms with Crippen molar-refractivity contribution in [3.63, 3.8) is 0 Å². The second-order valence-corrected chi connectivity index (χ2v) is 9.15. The van der Waals surface area contributed by atoms with Gasteiger partial charge in [-0.05, 0) is 50.8 Å². The summed E-state index contributed by atoms with van der Waals surface area (Å²) in [5.74, 6) is 0.208. The number of hydrogen-bond acceptors (Lipinski definition) is 6. The van der Waals surface area contributed by atoms with Crippen LogP contribution in [0.2, 0.25) is 0 Å². The Balaban J connectivity index is 1.31. The lowest BCUT2D eigenvalue weighted by atomic mass is 9.92. The van der Waals surface area contributed by atoms with Crippen LogP contribution in [-0.4, -0.2) is 50.3 Å². The number of alkyl halides is 3. The van der Waals surface area contributed by atoms with Gasteiger partial charge in [-0.3, -0.25) is 4.79 Å². The molecule has 11 heteroatoms. The highest BCUT2D eigenvalue weighted by molar-refractivity contribution is 5.94. The molecular weight excluding hydrogens is 463 g/mol. The minimum atomic E-state index is -4.51. The summed E-state index contributed by atoms with van der Waals surface area (Å²) in [6, 6.07) is 4.59. The number of carbonyl (C=O) groups excluding carboxylic acids is 1. The summed E-state index contributed by atoms with van der Waals surface area (Å²) in [7, 11) is 1.59. The van der Waals surface area contributed by atoms with Crippen LogP contribution < -0.4 is 0 Å². The number of imidazole rings is 1. The van der Waals surface area contributed by atoms with Crippen molar-refractivity contribution in [2.24, 2.45) is 0 Å². The van der Waals surface area contributed by atoms with Crippen LogP contribution in [0.25, 0.3) is 11.6 Å². The zero-order valence-electron chi connectivity index (χ0n) is 19.5. The first-order valence-corrected chi connectivity index (χ1v) is 11.7. The van der Waals surface area contributed by atoms with Crippen molar-refractivity contribution in [3.8, 4) is 11.6 Å². The van der Waals surface area contributed by atoms with Gasteiger partial charge in [0.15, 0.2) is 0 Å². The fraction of sp³-hybridized carbons (Fsp3) is 0.500. The Kier molecular flexibility index (Phi) is 6.12. The van der Waals surface area contributed by atoms with Crippen LogP contribution in [0.1, 0.15) is 71.8 Å². The number of rotatable bonds is 5. The largest absolute Gasteiger partial charge is 0.416 e. The molecule has 2 atom stereocenters. The van der Waals surface area contributed by atoms with E-state index in [1.54, 1.807) is 13.4 Å². The molecule has 0 bridgehead atoms. The fourth-order valence-corrected chi connectivity index (χ4v) is 4.62. The fourth-order valence-electron chi connectivity index (χ4n) is 4.62. The zero-order valence-corrected chi connectivity index (χ0v) is 19.5. The number of benzene rings is 1. The molecule has 1 aliphatic carbocycles. The Hall–Kier alpha value is -3.21. The molecule has 3 heterocycles. The molecule has 5 rings (SSSR count). The number of carbonyl (C=O) groups is 1. The summed E-state index contributed by atoms with van der Waals surface area (Å²) in [5, 5.41) is 8.44. The van der Waals surface area contributed by atoms with Crippen molar-refractivity contribution in [1.82, 2.24) is 24.6 Å². The Morgan fingerprint density at radius 1 is 1.20 bits per heavy atom. The summed E-state index contributed by atoms with van der Waals surface area (Å²) < 4.78 is 53.2. The maximum Gasteiger partial charge on any atom is 0.416 e. The van der Waals surface area contributed by atoms with Gasteiger partial charge in [0.05, 0.1) is 17.6 Å². The zero-order chi connectivity index (χ0) is 24.7. The monoisotopic (exact) mass is 489 g/mol. The van der Waals surface area contributed by atoms with E-state index in [9.17, 15) is 18.0 Å². The van der Waals surface area contributed by atoms with E-state index in [0.717, 1.165) is 36.4 Å². The van der Waals surface area contributed by atoms with E-state index in [1.807, 2.05) is 6.92 Å². The van der Waals surface area contributed by atoms with Gasteiger partial charge in [-0.25, -0.2) is 4.98 Å². The van der Waals surface area contributed by atoms with E-state index >= 15 is 0 Å². The third-order valence-electron chi connectivity index (χ3n) is 6.92. The standard InChI is InChI=1S/C24H26F3N5O3/c1-14-20(32(13-28-14)17-7-4-8-17)22-30-29-21(35-22)19-12-18(9-10-34-19)31(2)23(33)15-5-3-6-16(11-15)24(25,26)27/h3,5-6,11,13,17-19H,4,7-10,12H2,1-2H3/t18-,19+/m1/s1. The average Bonchev–Trinajstić information content (AvgIpc) is 3.43. The van der Waals surface area contributed by atoms with E-state index in [4.69, 9.17) is 9.15 Å². The highest BCUT2D eigenvalue weighted by Gasteiger charge is 2.35. The van der Waals surface area contributed by atoms with E-state index in [0.29, 0.717) is 37.3 Å². The van der Waals surface area contributed by atoms with Crippen LogP contribution in [0.5, 0.6) is 0 Å². The molecule has 186 valence electrons. The summed E-state index contributed by atoms with van der Waals surface area (Å²) in [5.41, 5.74) is 0.750. The highest BCUT2D eigenvalue weighted by Crippen LogP contribution is 2.37.